The number of hydrogen-bond acceptors (Lipinski definition) is 2. The molecule has 0 aliphatic rings. The minimum Gasteiger partial charge on any atom is -0.384 e. The Bertz CT molecular complexity index is 279. The Kier molecular flexibility index (Phi) is 3.46. The molecular formula is C10H13FN2. The quantitative estimate of drug-likeness (QED) is 0.734. The first-order valence-electron chi connectivity index (χ1n) is 4.13. The van der Waals surface area contributed by atoms with Gasteiger partial charge in [0, 0.05) is 18.8 Å². The maximum absolute atomic E-state index is 12.5. The van der Waals surface area contributed by atoms with E-state index < -0.39 is 0 Å². The van der Waals surface area contributed by atoms with Crippen molar-refractivity contribution in [1.82, 2.24) is 5.32 Å². The summed E-state index contributed by atoms with van der Waals surface area (Å²) in [5.41, 5.74) is 6.97. The van der Waals surface area contributed by atoms with E-state index in [1.165, 1.54) is 12.1 Å². The maximum atomic E-state index is 12.5. The van der Waals surface area contributed by atoms with Gasteiger partial charge in [0.15, 0.2) is 0 Å². The SMILES string of the molecule is C=C(NCCN)c1ccc(F)cc1. The Hall–Kier alpha value is -1.35. The number of hydrogen-bond donors (Lipinski definition) is 2. The molecule has 0 saturated heterocycles. The van der Waals surface area contributed by atoms with Crippen molar-refractivity contribution < 1.29 is 4.39 Å². The van der Waals surface area contributed by atoms with Crippen molar-refractivity contribution in [2.75, 3.05) is 13.1 Å². The average molecular weight is 180 g/mol. The third-order valence-electron chi connectivity index (χ3n) is 1.68. The first-order chi connectivity index (χ1) is 6.24. The number of rotatable bonds is 4. The van der Waals surface area contributed by atoms with E-state index in [2.05, 4.69) is 11.9 Å². The molecule has 1 aromatic rings. The first kappa shape index (κ1) is 9.74. The molecule has 0 radical (unpaired) electrons. The van der Waals surface area contributed by atoms with Gasteiger partial charge in [0.25, 0.3) is 0 Å². The van der Waals surface area contributed by atoms with Crippen LogP contribution in [0.2, 0.25) is 0 Å². The monoisotopic (exact) mass is 180 g/mol. The van der Waals surface area contributed by atoms with Crippen molar-refractivity contribution >= 4 is 5.70 Å². The molecule has 0 saturated carbocycles. The van der Waals surface area contributed by atoms with Gasteiger partial charge >= 0.3 is 0 Å². The van der Waals surface area contributed by atoms with E-state index in [9.17, 15) is 4.39 Å². The molecule has 13 heavy (non-hydrogen) atoms. The Balaban J connectivity index is 2.61. The molecule has 0 amide bonds. The van der Waals surface area contributed by atoms with E-state index >= 15 is 0 Å². The summed E-state index contributed by atoms with van der Waals surface area (Å²) in [6, 6.07) is 6.18. The van der Waals surface area contributed by atoms with Crippen LogP contribution in [0.1, 0.15) is 5.56 Å². The van der Waals surface area contributed by atoms with Gasteiger partial charge in [0.1, 0.15) is 5.82 Å². The van der Waals surface area contributed by atoms with Gasteiger partial charge in [0.2, 0.25) is 0 Å². The van der Waals surface area contributed by atoms with E-state index in [0.717, 1.165) is 11.3 Å². The van der Waals surface area contributed by atoms with Crippen LogP contribution in [-0.2, 0) is 0 Å². The molecule has 1 aromatic carbocycles. The lowest BCUT2D eigenvalue weighted by atomic mass is 10.2. The number of halogens is 1. The van der Waals surface area contributed by atoms with Crippen LogP contribution in [0.5, 0.6) is 0 Å². The first-order valence-corrected chi connectivity index (χ1v) is 4.13. The minimum absolute atomic E-state index is 0.240. The second-order valence-electron chi connectivity index (χ2n) is 2.70. The molecule has 0 heterocycles. The molecule has 0 atom stereocenters. The van der Waals surface area contributed by atoms with Gasteiger partial charge in [-0.25, -0.2) is 4.39 Å². The van der Waals surface area contributed by atoms with Gasteiger partial charge in [-0.1, -0.05) is 18.7 Å². The highest BCUT2D eigenvalue weighted by Gasteiger charge is 1.96. The van der Waals surface area contributed by atoms with Crippen molar-refractivity contribution in [2.24, 2.45) is 5.73 Å². The summed E-state index contributed by atoms with van der Waals surface area (Å²) in [4.78, 5) is 0. The zero-order chi connectivity index (χ0) is 9.68. The van der Waals surface area contributed by atoms with Crippen LogP contribution in [0.4, 0.5) is 4.39 Å². The largest absolute Gasteiger partial charge is 0.384 e. The summed E-state index contributed by atoms with van der Waals surface area (Å²) in [7, 11) is 0. The lowest BCUT2D eigenvalue weighted by molar-refractivity contribution is 0.627. The Morgan fingerprint density at radius 2 is 2.00 bits per heavy atom. The molecular weight excluding hydrogens is 167 g/mol. The van der Waals surface area contributed by atoms with E-state index in [1.54, 1.807) is 12.1 Å². The fourth-order valence-electron chi connectivity index (χ4n) is 0.976. The maximum Gasteiger partial charge on any atom is 0.123 e. The normalized spacial score (nSPS) is 9.69. The molecule has 1 rings (SSSR count). The van der Waals surface area contributed by atoms with Crippen LogP contribution in [0.15, 0.2) is 30.8 Å². The van der Waals surface area contributed by atoms with Crippen LogP contribution in [0.25, 0.3) is 5.70 Å². The van der Waals surface area contributed by atoms with Gasteiger partial charge in [0.05, 0.1) is 0 Å². The summed E-state index contributed by atoms with van der Waals surface area (Å²) in [6.07, 6.45) is 0. The van der Waals surface area contributed by atoms with Crippen LogP contribution in [-0.4, -0.2) is 13.1 Å². The smallest absolute Gasteiger partial charge is 0.123 e. The highest BCUT2D eigenvalue weighted by molar-refractivity contribution is 5.61. The molecule has 70 valence electrons. The van der Waals surface area contributed by atoms with E-state index in [1.807, 2.05) is 0 Å². The molecule has 0 spiro atoms. The lowest BCUT2D eigenvalue weighted by Gasteiger charge is -2.07. The molecule has 0 unspecified atom stereocenters. The number of nitrogens with one attached hydrogen (secondary N) is 1. The molecule has 3 heteroatoms. The highest BCUT2D eigenvalue weighted by Crippen LogP contribution is 2.09. The lowest BCUT2D eigenvalue weighted by Crippen LogP contribution is -2.20. The summed E-state index contributed by atoms with van der Waals surface area (Å²) in [5.74, 6) is -0.240. The molecule has 3 N–H and O–H groups in total. The van der Waals surface area contributed by atoms with Crippen LogP contribution in [0.3, 0.4) is 0 Å². The molecule has 0 bridgehead atoms. The zero-order valence-corrected chi connectivity index (χ0v) is 7.39. The summed E-state index contributed by atoms with van der Waals surface area (Å²) >= 11 is 0. The van der Waals surface area contributed by atoms with Crippen molar-refractivity contribution in [3.05, 3.63) is 42.2 Å². The minimum atomic E-state index is -0.240. The predicted octanol–water partition coefficient (Wildman–Crippen LogP) is 1.34. The van der Waals surface area contributed by atoms with Crippen molar-refractivity contribution in [1.29, 1.82) is 0 Å². The van der Waals surface area contributed by atoms with Gasteiger partial charge in [-0.15, -0.1) is 0 Å². The average Bonchev–Trinajstić information content (AvgIpc) is 2.15. The van der Waals surface area contributed by atoms with E-state index in [0.29, 0.717) is 13.1 Å². The second kappa shape index (κ2) is 4.62. The Labute approximate surface area is 77.3 Å². The Morgan fingerprint density at radius 1 is 1.38 bits per heavy atom. The molecule has 0 aliphatic heterocycles. The fourth-order valence-corrected chi connectivity index (χ4v) is 0.976. The van der Waals surface area contributed by atoms with E-state index in [4.69, 9.17) is 5.73 Å². The number of benzene rings is 1. The summed E-state index contributed by atoms with van der Waals surface area (Å²) < 4.78 is 12.5. The van der Waals surface area contributed by atoms with Crippen molar-refractivity contribution in [3.63, 3.8) is 0 Å². The fraction of sp³-hybridized carbons (Fsp3) is 0.200. The van der Waals surface area contributed by atoms with Gasteiger partial charge < -0.3 is 11.1 Å². The predicted molar refractivity (Wildman–Crippen MR) is 52.5 cm³/mol. The van der Waals surface area contributed by atoms with Gasteiger partial charge in [-0.3, -0.25) is 0 Å². The molecule has 2 nitrogen and oxygen atoms in total. The Morgan fingerprint density at radius 3 is 2.54 bits per heavy atom. The second-order valence-corrected chi connectivity index (χ2v) is 2.70. The molecule has 0 fully saturated rings. The van der Waals surface area contributed by atoms with Crippen LogP contribution in [0, 0.1) is 5.82 Å². The highest BCUT2D eigenvalue weighted by atomic mass is 19.1. The topological polar surface area (TPSA) is 38.0 Å². The van der Waals surface area contributed by atoms with Crippen LogP contribution >= 0.6 is 0 Å². The number of nitrogens with two attached hydrogens (primary N) is 1. The van der Waals surface area contributed by atoms with E-state index in [-0.39, 0.29) is 5.82 Å². The van der Waals surface area contributed by atoms with Gasteiger partial charge in [-0.05, 0) is 17.7 Å². The zero-order valence-electron chi connectivity index (χ0n) is 7.39. The van der Waals surface area contributed by atoms with Crippen molar-refractivity contribution in [3.8, 4) is 0 Å². The third kappa shape index (κ3) is 2.87. The summed E-state index contributed by atoms with van der Waals surface area (Å²) in [6.45, 7) is 5.04. The molecule has 0 aromatic heterocycles. The van der Waals surface area contributed by atoms with Crippen LogP contribution < -0.4 is 11.1 Å². The molecule has 0 aliphatic carbocycles. The third-order valence-corrected chi connectivity index (χ3v) is 1.68. The summed E-state index contributed by atoms with van der Waals surface area (Å²) in [5, 5.41) is 3.03. The van der Waals surface area contributed by atoms with Gasteiger partial charge in [-0.2, -0.15) is 0 Å². The standard InChI is InChI=1S/C10H13FN2/c1-8(13-7-6-12)9-2-4-10(11)5-3-9/h2-5,13H,1,6-7,12H2. The van der Waals surface area contributed by atoms with Crippen molar-refractivity contribution in [2.45, 2.75) is 0 Å².